The van der Waals surface area contributed by atoms with E-state index in [9.17, 15) is 4.79 Å². The number of carbonyl (C=O) groups excluding carboxylic acids is 1. The van der Waals surface area contributed by atoms with Crippen LogP contribution >= 0.6 is 0 Å². The number of ketones is 1. The molecule has 0 spiro atoms. The molecule has 3 rings (SSSR count). The highest BCUT2D eigenvalue weighted by Gasteiger charge is 2.31. The number of nitrogens with zero attached hydrogens (tertiary/aromatic N) is 2. The Labute approximate surface area is 124 Å². The third-order valence-corrected chi connectivity index (χ3v) is 4.39. The topological polar surface area (TPSA) is 56.0 Å². The van der Waals surface area contributed by atoms with Crippen molar-refractivity contribution in [2.45, 2.75) is 50.9 Å². The van der Waals surface area contributed by atoms with Crippen LogP contribution in [0, 0.1) is 0 Å². The third kappa shape index (κ3) is 2.75. The van der Waals surface area contributed by atoms with Crippen LogP contribution in [0.25, 0.3) is 0 Å². The molecule has 0 atom stereocenters. The van der Waals surface area contributed by atoms with Crippen LogP contribution in [-0.4, -0.2) is 15.9 Å². The molecule has 1 aliphatic rings. The molecule has 21 heavy (non-hydrogen) atoms. The summed E-state index contributed by atoms with van der Waals surface area (Å²) in [7, 11) is 0. The maximum absolute atomic E-state index is 11.3. The van der Waals surface area contributed by atoms with E-state index < -0.39 is 0 Å². The Morgan fingerprint density at radius 1 is 1.14 bits per heavy atom. The van der Waals surface area contributed by atoms with Crippen molar-refractivity contribution >= 4 is 5.78 Å². The van der Waals surface area contributed by atoms with E-state index in [-0.39, 0.29) is 11.3 Å². The summed E-state index contributed by atoms with van der Waals surface area (Å²) in [5.74, 6) is 1.97. The number of carbonyl (C=O) groups is 1. The van der Waals surface area contributed by atoms with Gasteiger partial charge in [-0.3, -0.25) is 4.79 Å². The fourth-order valence-electron chi connectivity index (χ4n) is 2.83. The Balaban J connectivity index is 1.83. The molecule has 0 radical (unpaired) electrons. The van der Waals surface area contributed by atoms with Crippen LogP contribution in [0.4, 0.5) is 0 Å². The van der Waals surface area contributed by atoms with E-state index in [1.165, 1.54) is 0 Å². The summed E-state index contributed by atoms with van der Waals surface area (Å²) in [5.41, 5.74) is 0.879. The van der Waals surface area contributed by atoms with Crippen molar-refractivity contribution in [1.29, 1.82) is 0 Å². The Kier molecular flexibility index (Phi) is 3.62. The molecule has 1 fully saturated rings. The van der Waals surface area contributed by atoms with Crippen LogP contribution in [0.2, 0.25) is 0 Å². The SMILES string of the molecule is CC(C)(c1ccccc1)c1noc(C2CCC(=O)CC2)n1. The molecule has 0 amide bonds. The van der Waals surface area contributed by atoms with Crippen molar-refractivity contribution in [3.63, 3.8) is 0 Å². The Morgan fingerprint density at radius 2 is 1.81 bits per heavy atom. The predicted octanol–water partition coefficient (Wildman–Crippen LogP) is 3.62. The second-order valence-corrected chi connectivity index (χ2v) is 6.26. The first-order chi connectivity index (χ1) is 10.1. The zero-order valence-corrected chi connectivity index (χ0v) is 12.5. The fourth-order valence-corrected chi connectivity index (χ4v) is 2.83. The molecule has 1 heterocycles. The fraction of sp³-hybridized carbons (Fsp3) is 0.471. The molecule has 0 saturated heterocycles. The van der Waals surface area contributed by atoms with E-state index in [0.29, 0.717) is 30.3 Å². The molecule has 0 unspecified atom stereocenters. The maximum atomic E-state index is 11.3. The Bertz CT molecular complexity index is 621. The molecule has 110 valence electrons. The monoisotopic (exact) mass is 284 g/mol. The zero-order chi connectivity index (χ0) is 14.9. The largest absolute Gasteiger partial charge is 0.339 e. The van der Waals surface area contributed by atoms with Gasteiger partial charge in [-0.15, -0.1) is 0 Å². The highest BCUT2D eigenvalue weighted by Crippen LogP contribution is 2.33. The summed E-state index contributed by atoms with van der Waals surface area (Å²) < 4.78 is 5.47. The minimum absolute atomic E-state index is 0.232. The van der Waals surface area contributed by atoms with Crippen LogP contribution in [0.15, 0.2) is 34.9 Å². The number of hydrogen-bond acceptors (Lipinski definition) is 4. The maximum Gasteiger partial charge on any atom is 0.229 e. The molecule has 1 saturated carbocycles. The van der Waals surface area contributed by atoms with E-state index in [4.69, 9.17) is 4.52 Å². The van der Waals surface area contributed by atoms with Gasteiger partial charge in [-0.05, 0) is 32.3 Å². The minimum Gasteiger partial charge on any atom is -0.339 e. The highest BCUT2D eigenvalue weighted by molar-refractivity contribution is 5.79. The second-order valence-electron chi connectivity index (χ2n) is 6.26. The van der Waals surface area contributed by atoms with Crippen LogP contribution in [0.3, 0.4) is 0 Å². The predicted molar refractivity (Wildman–Crippen MR) is 79.1 cm³/mol. The van der Waals surface area contributed by atoms with E-state index in [1.807, 2.05) is 18.2 Å². The van der Waals surface area contributed by atoms with Gasteiger partial charge >= 0.3 is 0 Å². The molecule has 1 aromatic heterocycles. The van der Waals surface area contributed by atoms with Gasteiger partial charge < -0.3 is 4.52 Å². The first kappa shape index (κ1) is 14.0. The van der Waals surface area contributed by atoms with Crippen molar-refractivity contribution in [1.82, 2.24) is 10.1 Å². The molecule has 2 aromatic rings. The van der Waals surface area contributed by atoms with Crippen LogP contribution in [0.1, 0.15) is 62.7 Å². The standard InChI is InChI=1S/C17H20N2O2/c1-17(2,13-6-4-3-5-7-13)16-18-15(21-19-16)12-8-10-14(20)11-9-12/h3-7,12H,8-11H2,1-2H3. The van der Waals surface area contributed by atoms with Crippen LogP contribution < -0.4 is 0 Å². The summed E-state index contributed by atoms with van der Waals surface area (Å²) in [6.07, 6.45) is 2.91. The van der Waals surface area contributed by atoms with Gasteiger partial charge in [0.2, 0.25) is 5.89 Å². The van der Waals surface area contributed by atoms with Gasteiger partial charge in [-0.25, -0.2) is 0 Å². The number of Topliss-reactive ketones (excluding diaryl/α,β-unsaturated/α-hetero) is 1. The van der Waals surface area contributed by atoms with Crippen molar-refractivity contribution in [2.75, 3.05) is 0 Å². The van der Waals surface area contributed by atoms with Crippen molar-refractivity contribution < 1.29 is 9.32 Å². The third-order valence-electron chi connectivity index (χ3n) is 4.39. The molecule has 0 aliphatic heterocycles. The summed E-state index contributed by atoms with van der Waals surface area (Å²) in [5, 5.41) is 4.19. The molecule has 0 N–H and O–H groups in total. The highest BCUT2D eigenvalue weighted by atomic mass is 16.5. The van der Waals surface area contributed by atoms with Gasteiger partial charge in [-0.1, -0.05) is 35.5 Å². The summed E-state index contributed by atoms with van der Waals surface area (Å²) >= 11 is 0. The van der Waals surface area contributed by atoms with Crippen LogP contribution in [0.5, 0.6) is 0 Å². The smallest absolute Gasteiger partial charge is 0.229 e. The van der Waals surface area contributed by atoms with Crippen molar-refractivity contribution in [3.8, 4) is 0 Å². The van der Waals surface area contributed by atoms with Crippen molar-refractivity contribution in [3.05, 3.63) is 47.6 Å². The molecule has 1 aromatic carbocycles. The van der Waals surface area contributed by atoms with E-state index in [0.717, 1.165) is 18.4 Å². The summed E-state index contributed by atoms with van der Waals surface area (Å²) in [6.45, 7) is 4.20. The van der Waals surface area contributed by atoms with Gasteiger partial charge in [0.25, 0.3) is 0 Å². The number of hydrogen-bond donors (Lipinski definition) is 0. The number of aromatic nitrogens is 2. The van der Waals surface area contributed by atoms with Crippen LogP contribution in [-0.2, 0) is 10.2 Å². The molecular weight excluding hydrogens is 264 g/mol. The molecule has 4 nitrogen and oxygen atoms in total. The minimum atomic E-state index is -0.284. The zero-order valence-electron chi connectivity index (χ0n) is 12.5. The first-order valence-electron chi connectivity index (χ1n) is 7.48. The summed E-state index contributed by atoms with van der Waals surface area (Å²) in [4.78, 5) is 15.9. The Hall–Kier alpha value is -1.97. The van der Waals surface area contributed by atoms with E-state index >= 15 is 0 Å². The lowest BCUT2D eigenvalue weighted by atomic mass is 9.84. The normalized spacial score (nSPS) is 17.1. The molecule has 4 heteroatoms. The summed E-state index contributed by atoms with van der Waals surface area (Å²) in [6, 6.07) is 10.2. The lowest BCUT2D eigenvalue weighted by Crippen LogP contribution is -2.21. The first-order valence-corrected chi connectivity index (χ1v) is 7.48. The number of rotatable bonds is 3. The van der Waals surface area contributed by atoms with Gasteiger partial charge in [0, 0.05) is 18.8 Å². The van der Waals surface area contributed by atoms with Gasteiger partial charge in [0.05, 0.1) is 5.41 Å². The average Bonchev–Trinajstić information content (AvgIpc) is 2.99. The van der Waals surface area contributed by atoms with Gasteiger partial charge in [0.15, 0.2) is 5.82 Å². The van der Waals surface area contributed by atoms with Gasteiger partial charge in [0.1, 0.15) is 5.78 Å². The van der Waals surface area contributed by atoms with Gasteiger partial charge in [-0.2, -0.15) is 4.98 Å². The molecule has 1 aliphatic carbocycles. The lowest BCUT2D eigenvalue weighted by Gasteiger charge is -2.21. The Morgan fingerprint density at radius 3 is 2.48 bits per heavy atom. The van der Waals surface area contributed by atoms with E-state index in [2.05, 4.69) is 36.1 Å². The van der Waals surface area contributed by atoms with Crippen molar-refractivity contribution in [2.24, 2.45) is 0 Å². The average molecular weight is 284 g/mol. The quantitative estimate of drug-likeness (QED) is 0.863. The van der Waals surface area contributed by atoms with E-state index in [1.54, 1.807) is 0 Å². The molecular formula is C17H20N2O2. The molecule has 0 bridgehead atoms. The second kappa shape index (κ2) is 5.43. The number of benzene rings is 1. The lowest BCUT2D eigenvalue weighted by molar-refractivity contribution is -0.120.